The van der Waals surface area contributed by atoms with Crippen molar-refractivity contribution >= 4 is 46.5 Å². The van der Waals surface area contributed by atoms with Crippen LogP contribution in [0.25, 0.3) is 6.08 Å². The molecule has 4 rings (SSSR count). The van der Waals surface area contributed by atoms with Crippen LogP contribution < -0.4 is 14.2 Å². The molecule has 36 heavy (non-hydrogen) atoms. The molecule has 2 aliphatic rings. The summed E-state index contributed by atoms with van der Waals surface area (Å²) >= 11 is 6.95. The second-order valence-corrected chi connectivity index (χ2v) is 9.53. The fourth-order valence-electron chi connectivity index (χ4n) is 3.85. The number of amides is 3. The van der Waals surface area contributed by atoms with Gasteiger partial charge in [-0.1, -0.05) is 29.8 Å². The molecule has 2 aliphatic heterocycles. The average Bonchev–Trinajstić information content (AvgIpc) is 3.49. The third-order valence-electron chi connectivity index (χ3n) is 5.66. The normalized spacial score (nSPS) is 16.7. The largest absolute Gasteiger partial charge is 0.490 e. The molecule has 0 aliphatic carbocycles. The summed E-state index contributed by atoms with van der Waals surface area (Å²) in [6.07, 6.45) is 3.68. The van der Waals surface area contributed by atoms with E-state index < -0.39 is 0 Å². The van der Waals surface area contributed by atoms with Gasteiger partial charge in [-0.15, -0.1) is 0 Å². The van der Waals surface area contributed by atoms with E-state index >= 15 is 0 Å². The molecule has 2 fully saturated rings. The number of thioether (sulfide) groups is 1. The summed E-state index contributed by atoms with van der Waals surface area (Å²) in [5.41, 5.74) is 0.675. The second kappa shape index (κ2) is 12.2. The molecule has 8 nitrogen and oxygen atoms in total. The van der Waals surface area contributed by atoms with Crippen molar-refractivity contribution in [2.45, 2.75) is 19.8 Å². The zero-order valence-corrected chi connectivity index (χ0v) is 21.5. The van der Waals surface area contributed by atoms with Crippen LogP contribution in [0.5, 0.6) is 17.2 Å². The molecular formula is C26H27ClN2O6S. The molecule has 2 heterocycles. The summed E-state index contributed by atoms with van der Waals surface area (Å²) in [5.74, 6) is 0.974. The predicted octanol–water partition coefficient (Wildman–Crippen LogP) is 4.86. The Hall–Kier alpha value is -3.17. The van der Waals surface area contributed by atoms with Gasteiger partial charge in [-0.2, -0.15) is 0 Å². The first-order valence-electron chi connectivity index (χ1n) is 11.8. The Morgan fingerprint density at radius 1 is 1.03 bits per heavy atom. The number of carbonyl (C=O) groups is 3. The lowest BCUT2D eigenvalue weighted by Crippen LogP contribution is -2.32. The van der Waals surface area contributed by atoms with Crippen molar-refractivity contribution in [3.8, 4) is 17.2 Å². The van der Waals surface area contributed by atoms with E-state index in [4.69, 9.17) is 25.8 Å². The zero-order chi connectivity index (χ0) is 25.5. The van der Waals surface area contributed by atoms with Gasteiger partial charge in [0.05, 0.1) is 23.1 Å². The summed E-state index contributed by atoms with van der Waals surface area (Å²) < 4.78 is 17.0. The fraction of sp³-hybridized carbons (Fsp3) is 0.346. The Balaban J connectivity index is 1.39. The minimum absolute atomic E-state index is 0.0498. The maximum atomic E-state index is 12.8. The lowest BCUT2D eigenvalue weighted by atomic mass is 10.2. The van der Waals surface area contributed by atoms with E-state index in [1.807, 2.05) is 6.92 Å². The third-order valence-corrected chi connectivity index (χ3v) is 6.88. The first kappa shape index (κ1) is 25.9. The van der Waals surface area contributed by atoms with E-state index in [-0.39, 0.29) is 36.8 Å². The zero-order valence-electron chi connectivity index (χ0n) is 19.9. The standard InChI is InChI=1S/C26H27ClN2O6S/c1-2-33-22-15-18(9-10-21(22)35-17-24(30)28-11-5-6-12-28)16-23-25(31)29(26(32)36-23)13-14-34-20-8-4-3-7-19(20)27/h3-4,7-10,15-16H,2,5-6,11-14,17H2,1H3/b23-16-. The number of halogens is 1. The van der Waals surface area contributed by atoms with Crippen molar-refractivity contribution in [1.82, 2.24) is 9.80 Å². The van der Waals surface area contributed by atoms with Crippen molar-refractivity contribution in [1.29, 1.82) is 0 Å². The number of rotatable bonds is 10. The maximum Gasteiger partial charge on any atom is 0.293 e. The van der Waals surface area contributed by atoms with E-state index in [0.29, 0.717) is 39.3 Å². The van der Waals surface area contributed by atoms with Gasteiger partial charge in [-0.3, -0.25) is 19.3 Å². The van der Waals surface area contributed by atoms with E-state index in [1.54, 1.807) is 53.4 Å². The fourth-order valence-corrected chi connectivity index (χ4v) is 4.91. The molecule has 2 aromatic rings. The predicted molar refractivity (Wildman–Crippen MR) is 139 cm³/mol. The van der Waals surface area contributed by atoms with Crippen molar-refractivity contribution in [3.63, 3.8) is 0 Å². The highest BCUT2D eigenvalue weighted by Gasteiger charge is 2.35. The Labute approximate surface area is 219 Å². The Morgan fingerprint density at radius 2 is 1.81 bits per heavy atom. The van der Waals surface area contributed by atoms with Crippen LogP contribution >= 0.6 is 23.4 Å². The Morgan fingerprint density at radius 3 is 2.56 bits per heavy atom. The molecule has 0 N–H and O–H groups in total. The number of benzene rings is 2. The first-order chi connectivity index (χ1) is 17.5. The quantitative estimate of drug-likeness (QED) is 0.406. The molecule has 0 aromatic heterocycles. The molecule has 0 bridgehead atoms. The van der Waals surface area contributed by atoms with Crippen LogP contribution in [0, 0.1) is 0 Å². The number of hydrogen-bond acceptors (Lipinski definition) is 7. The number of ether oxygens (including phenoxy) is 3. The molecule has 2 aromatic carbocycles. The van der Waals surface area contributed by atoms with E-state index in [2.05, 4.69) is 0 Å². The van der Waals surface area contributed by atoms with E-state index in [1.165, 1.54) is 0 Å². The van der Waals surface area contributed by atoms with Gasteiger partial charge in [0.1, 0.15) is 12.4 Å². The topological polar surface area (TPSA) is 85.4 Å². The van der Waals surface area contributed by atoms with Crippen LogP contribution in [0.4, 0.5) is 4.79 Å². The van der Waals surface area contributed by atoms with E-state index in [9.17, 15) is 14.4 Å². The van der Waals surface area contributed by atoms with Crippen molar-refractivity contribution in [2.75, 3.05) is 39.5 Å². The van der Waals surface area contributed by atoms with Crippen LogP contribution in [0.3, 0.4) is 0 Å². The summed E-state index contributed by atoms with van der Waals surface area (Å²) in [4.78, 5) is 40.9. The molecule has 0 radical (unpaired) electrons. The second-order valence-electron chi connectivity index (χ2n) is 8.13. The van der Waals surface area contributed by atoms with Crippen LogP contribution in [-0.4, -0.2) is 66.3 Å². The van der Waals surface area contributed by atoms with Crippen molar-refractivity contribution in [3.05, 3.63) is 58.0 Å². The highest BCUT2D eigenvalue weighted by Crippen LogP contribution is 2.35. The Kier molecular flexibility index (Phi) is 8.77. The van der Waals surface area contributed by atoms with Gasteiger partial charge in [0, 0.05) is 13.1 Å². The number of hydrogen-bond donors (Lipinski definition) is 0. The summed E-state index contributed by atoms with van der Waals surface area (Å²) in [6.45, 7) is 3.96. The summed E-state index contributed by atoms with van der Waals surface area (Å²) in [7, 11) is 0. The summed E-state index contributed by atoms with van der Waals surface area (Å²) in [5, 5.41) is 0.101. The number of nitrogens with zero attached hydrogens (tertiary/aromatic N) is 2. The smallest absolute Gasteiger partial charge is 0.293 e. The lowest BCUT2D eigenvalue weighted by Gasteiger charge is -2.17. The molecule has 0 atom stereocenters. The van der Waals surface area contributed by atoms with Gasteiger partial charge < -0.3 is 19.1 Å². The van der Waals surface area contributed by atoms with Crippen LogP contribution in [0.1, 0.15) is 25.3 Å². The number of carbonyl (C=O) groups excluding carboxylic acids is 3. The molecular weight excluding hydrogens is 504 g/mol. The minimum Gasteiger partial charge on any atom is -0.490 e. The van der Waals surface area contributed by atoms with Gasteiger partial charge in [-0.05, 0) is 67.4 Å². The van der Waals surface area contributed by atoms with Gasteiger partial charge in [0.2, 0.25) is 0 Å². The Bertz CT molecular complexity index is 1160. The first-order valence-corrected chi connectivity index (χ1v) is 13.0. The average molecular weight is 531 g/mol. The molecule has 2 saturated heterocycles. The van der Waals surface area contributed by atoms with Gasteiger partial charge in [-0.25, -0.2) is 0 Å². The lowest BCUT2D eigenvalue weighted by molar-refractivity contribution is -0.132. The molecule has 3 amide bonds. The summed E-state index contributed by atoms with van der Waals surface area (Å²) in [6, 6.07) is 12.2. The third kappa shape index (κ3) is 6.33. The van der Waals surface area contributed by atoms with Crippen LogP contribution in [-0.2, 0) is 9.59 Å². The van der Waals surface area contributed by atoms with E-state index in [0.717, 1.165) is 42.6 Å². The van der Waals surface area contributed by atoms with Crippen molar-refractivity contribution < 1.29 is 28.6 Å². The highest BCUT2D eigenvalue weighted by atomic mass is 35.5. The molecule has 190 valence electrons. The molecule has 0 spiro atoms. The van der Waals surface area contributed by atoms with Crippen LogP contribution in [0.2, 0.25) is 5.02 Å². The SMILES string of the molecule is CCOc1cc(/C=C2\SC(=O)N(CCOc3ccccc3Cl)C2=O)ccc1OCC(=O)N1CCCC1. The molecule has 0 unspecified atom stereocenters. The highest BCUT2D eigenvalue weighted by molar-refractivity contribution is 8.18. The van der Waals surface area contributed by atoms with Crippen LogP contribution in [0.15, 0.2) is 47.4 Å². The number of likely N-dealkylation sites (tertiary alicyclic amines) is 1. The molecule has 0 saturated carbocycles. The van der Waals surface area contributed by atoms with Gasteiger partial charge in [0.25, 0.3) is 17.1 Å². The number of para-hydroxylation sites is 1. The minimum atomic E-state index is -0.387. The van der Waals surface area contributed by atoms with Crippen molar-refractivity contribution in [2.24, 2.45) is 0 Å². The number of imide groups is 1. The maximum absolute atomic E-state index is 12.8. The van der Waals surface area contributed by atoms with Gasteiger partial charge in [0.15, 0.2) is 18.1 Å². The monoisotopic (exact) mass is 530 g/mol. The molecule has 10 heteroatoms. The van der Waals surface area contributed by atoms with Gasteiger partial charge >= 0.3 is 0 Å².